The van der Waals surface area contributed by atoms with Crippen molar-refractivity contribution in [2.45, 2.75) is 83.2 Å². The average Bonchev–Trinajstić information content (AvgIpc) is 3.29. The van der Waals surface area contributed by atoms with Gasteiger partial charge >= 0.3 is 0 Å². The van der Waals surface area contributed by atoms with Gasteiger partial charge in [0, 0.05) is 53.9 Å². The Balaban J connectivity index is 1.28. The second-order valence-electron chi connectivity index (χ2n) is 11.1. The first-order valence-electron chi connectivity index (χ1n) is 12.5. The Morgan fingerprint density at radius 3 is 2.49 bits per heavy atom. The predicted octanol–water partition coefficient (Wildman–Crippen LogP) is 5.10. The van der Waals surface area contributed by atoms with Gasteiger partial charge in [-0.1, -0.05) is 6.07 Å². The van der Waals surface area contributed by atoms with Gasteiger partial charge in [0.15, 0.2) is 0 Å². The molecule has 1 unspecified atom stereocenters. The summed E-state index contributed by atoms with van der Waals surface area (Å²) in [5, 5.41) is 27.5. The van der Waals surface area contributed by atoms with Crippen molar-refractivity contribution in [2.24, 2.45) is 0 Å². The Morgan fingerprint density at radius 2 is 1.83 bits per heavy atom. The number of phenols is 1. The van der Waals surface area contributed by atoms with Crippen LogP contribution in [0.4, 0.5) is 0 Å². The second kappa shape index (κ2) is 9.24. The largest absolute Gasteiger partial charge is 0.507 e. The summed E-state index contributed by atoms with van der Waals surface area (Å²) in [6, 6.07) is 9.23. The van der Waals surface area contributed by atoms with Crippen LogP contribution in [0.25, 0.3) is 22.4 Å². The minimum Gasteiger partial charge on any atom is -0.507 e. The predicted molar refractivity (Wildman–Crippen MR) is 134 cm³/mol. The molecular weight excluding hydrogens is 442 g/mol. The Kier molecular flexibility index (Phi) is 6.27. The van der Waals surface area contributed by atoms with E-state index in [1.54, 1.807) is 6.07 Å². The molecule has 0 spiro atoms. The maximum atomic E-state index is 10.7. The number of aromatic hydroxyl groups is 1. The number of ether oxygens (including phenoxy) is 2. The second-order valence-corrected chi connectivity index (χ2v) is 11.1. The van der Waals surface area contributed by atoms with Crippen LogP contribution in [0.5, 0.6) is 11.6 Å². The van der Waals surface area contributed by atoms with E-state index in [9.17, 15) is 5.11 Å². The van der Waals surface area contributed by atoms with E-state index in [2.05, 4.69) is 48.3 Å². The summed E-state index contributed by atoms with van der Waals surface area (Å²) < 4.78 is 13.9. The zero-order valence-corrected chi connectivity index (χ0v) is 21.0. The third kappa shape index (κ3) is 5.49. The Hall–Kier alpha value is -2.97. The molecule has 2 aromatic heterocycles. The molecule has 0 radical (unpaired) electrons. The van der Waals surface area contributed by atoms with Gasteiger partial charge in [0.05, 0.1) is 11.9 Å². The van der Waals surface area contributed by atoms with E-state index in [4.69, 9.17) is 9.47 Å². The smallest absolute Gasteiger partial charge is 0.233 e. The van der Waals surface area contributed by atoms with Gasteiger partial charge < -0.3 is 19.9 Å². The molecule has 2 aliphatic heterocycles. The van der Waals surface area contributed by atoms with E-state index >= 15 is 0 Å². The molecule has 5 rings (SSSR count). The molecule has 4 heterocycles. The lowest BCUT2D eigenvalue weighted by Crippen LogP contribution is -2.60. The van der Waals surface area contributed by atoms with Crippen molar-refractivity contribution in [3.8, 4) is 34.0 Å². The zero-order chi connectivity index (χ0) is 24.6. The van der Waals surface area contributed by atoms with Crippen LogP contribution >= 0.6 is 0 Å². The summed E-state index contributed by atoms with van der Waals surface area (Å²) in [6.45, 7) is 9.55. The number of hydrogen-bond acceptors (Lipinski definition) is 7. The Labute approximate surface area is 206 Å². The van der Waals surface area contributed by atoms with E-state index in [1.807, 2.05) is 41.3 Å². The molecule has 1 atom stereocenters. The third-order valence-electron chi connectivity index (χ3n) is 6.74. The van der Waals surface area contributed by atoms with Gasteiger partial charge in [0.25, 0.3) is 0 Å². The van der Waals surface area contributed by atoms with Crippen LogP contribution in [0.2, 0.25) is 0 Å². The zero-order valence-electron chi connectivity index (χ0n) is 21.0. The number of phenolic OH excluding ortho intramolecular Hbond substituents is 1. The molecule has 0 aliphatic carbocycles. The van der Waals surface area contributed by atoms with Crippen molar-refractivity contribution in [2.75, 3.05) is 6.61 Å². The maximum absolute atomic E-state index is 10.7. The molecule has 8 heteroatoms. The van der Waals surface area contributed by atoms with Crippen LogP contribution < -0.4 is 10.1 Å². The van der Waals surface area contributed by atoms with Gasteiger partial charge in [-0.25, -0.2) is 4.68 Å². The molecular formula is C27H35N5O3. The molecule has 3 aromatic rings. The van der Waals surface area contributed by atoms with Gasteiger partial charge in [-0.2, -0.15) is 5.10 Å². The monoisotopic (exact) mass is 477 g/mol. The molecule has 1 aromatic carbocycles. The molecule has 2 saturated heterocycles. The summed E-state index contributed by atoms with van der Waals surface area (Å²) in [6.07, 6.45) is 8.84. The normalized spacial score (nSPS) is 22.1. The summed E-state index contributed by atoms with van der Waals surface area (Å²) in [4.78, 5) is 0. The van der Waals surface area contributed by atoms with Crippen LogP contribution in [-0.4, -0.2) is 48.9 Å². The standard InChI is InChI=1S/C27H35N5O3/c1-26(2)14-20(15-27(3,4)31-26)35-24-11-10-22(29-30-24)21-9-8-18(13-23(21)33)19-16-28-32(17-19)25-7-5-6-12-34-25/h8-11,13,16-17,20,25,31,33H,5-7,12,14-15H2,1-4H3. The van der Waals surface area contributed by atoms with E-state index < -0.39 is 0 Å². The van der Waals surface area contributed by atoms with Crippen LogP contribution in [0.15, 0.2) is 42.7 Å². The van der Waals surface area contributed by atoms with Crippen molar-refractivity contribution in [3.63, 3.8) is 0 Å². The van der Waals surface area contributed by atoms with Crippen LogP contribution in [0, 0.1) is 0 Å². The number of benzene rings is 1. The number of piperidine rings is 1. The number of nitrogens with one attached hydrogen (secondary N) is 1. The molecule has 2 aliphatic rings. The van der Waals surface area contributed by atoms with Crippen molar-refractivity contribution >= 4 is 0 Å². The highest BCUT2D eigenvalue weighted by Gasteiger charge is 2.38. The lowest BCUT2D eigenvalue weighted by atomic mass is 9.81. The van der Waals surface area contributed by atoms with Crippen molar-refractivity contribution in [3.05, 3.63) is 42.7 Å². The first-order valence-corrected chi connectivity index (χ1v) is 12.5. The van der Waals surface area contributed by atoms with Gasteiger partial charge in [0.1, 0.15) is 18.1 Å². The van der Waals surface area contributed by atoms with Gasteiger partial charge in [0.2, 0.25) is 5.88 Å². The van der Waals surface area contributed by atoms with Gasteiger partial charge in [-0.05, 0) is 70.7 Å². The minimum atomic E-state index is -0.0107. The minimum absolute atomic E-state index is 0.00670. The highest BCUT2D eigenvalue weighted by atomic mass is 16.5. The van der Waals surface area contributed by atoms with Gasteiger partial charge in [-0.15, -0.1) is 10.2 Å². The van der Waals surface area contributed by atoms with Crippen LogP contribution in [0.3, 0.4) is 0 Å². The molecule has 186 valence electrons. The topological polar surface area (TPSA) is 94.3 Å². The summed E-state index contributed by atoms with van der Waals surface area (Å²) in [5.74, 6) is 0.648. The lowest BCUT2D eigenvalue weighted by molar-refractivity contribution is -0.0394. The lowest BCUT2D eigenvalue weighted by Gasteiger charge is -2.46. The number of aromatic nitrogens is 4. The first-order chi connectivity index (χ1) is 16.7. The fourth-order valence-electron chi connectivity index (χ4n) is 5.51. The van der Waals surface area contributed by atoms with E-state index in [0.29, 0.717) is 17.1 Å². The SMILES string of the molecule is CC1(C)CC(Oc2ccc(-c3ccc(-c4cnn(C5CCCCO5)c4)cc3O)nn2)CC(C)(C)N1. The number of rotatable bonds is 5. The van der Waals surface area contributed by atoms with Crippen LogP contribution in [0.1, 0.15) is 66.0 Å². The summed E-state index contributed by atoms with van der Waals surface area (Å²) in [5.41, 5.74) is 3.03. The molecule has 2 fully saturated rings. The first kappa shape index (κ1) is 23.8. The molecule has 0 bridgehead atoms. The van der Waals surface area contributed by atoms with Crippen LogP contribution in [-0.2, 0) is 4.74 Å². The fraction of sp³-hybridized carbons (Fsp3) is 0.519. The van der Waals surface area contributed by atoms with Crippen molar-refractivity contribution < 1.29 is 14.6 Å². The maximum Gasteiger partial charge on any atom is 0.233 e. The fourth-order valence-corrected chi connectivity index (χ4v) is 5.51. The summed E-state index contributed by atoms with van der Waals surface area (Å²) >= 11 is 0. The van der Waals surface area contributed by atoms with E-state index in [-0.39, 0.29) is 29.2 Å². The highest BCUT2D eigenvalue weighted by Crippen LogP contribution is 2.34. The molecule has 8 nitrogen and oxygen atoms in total. The number of nitrogens with zero attached hydrogens (tertiary/aromatic N) is 4. The quantitative estimate of drug-likeness (QED) is 0.528. The average molecular weight is 478 g/mol. The van der Waals surface area contributed by atoms with Crippen molar-refractivity contribution in [1.29, 1.82) is 0 Å². The molecule has 2 N–H and O–H groups in total. The molecule has 0 amide bonds. The molecule has 0 saturated carbocycles. The van der Waals surface area contributed by atoms with Crippen molar-refractivity contribution in [1.82, 2.24) is 25.3 Å². The van der Waals surface area contributed by atoms with E-state index in [1.165, 1.54) is 0 Å². The number of hydrogen-bond donors (Lipinski definition) is 2. The Morgan fingerprint density at radius 1 is 1.03 bits per heavy atom. The van der Waals surface area contributed by atoms with Gasteiger partial charge in [-0.3, -0.25) is 0 Å². The third-order valence-corrected chi connectivity index (χ3v) is 6.74. The summed E-state index contributed by atoms with van der Waals surface area (Å²) in [7, 11) is 0. The van der Waals surface area contributed by atoms with E-state index in [0.717, 1.165) is 49.8 Å². The highest BCUT2D eigenvalue weighted by molar-refractivity contribution is 5.73. The Bertz CT molecular complexity index is 1150. The molecule has 35 heavy (non-hydrogen) atoms.